The van der Waals surface area contributed by atoms with Crippen LogP contribution in [-0.4, -0.2) is 232 Å². The van der Waals surface area contributed by atoms with Crippen LogP contribution in [-0.2, 0) is 99.0 Å². The van der Waals surface area contributed by atoms with Gasteiger partial charge in [-0.25, -0.2) is 9.36 Å². The van der Waals surface area contributed by atoms with Crippen molar-refractivity contribution in [1.29, 1.82) is 0 Å². The summed E-state index contributed by atoms with van der Waals surface area (Å²) in [4.78, 5) is 60.0. The summed E-state index contributed by atoms with van der Waals surface area (Å²) < 4.78 is 105. The van der Waals surface area contributed by atoms with E-state index in [1.807, 2.05) is 20.8 Å². The van der Waals surface area contributed by atoms with Crippen LogP contribution in [0.2, 0.25) is 0 Å². The Labute approximate surface area is 598 Å². The summed E-state index contributed by atoms with van der Waals surface area (Å²) in [5.74, 6) is -1.25. The normalized spacial score (nSPS) is 12.6. The van der Waals surface area contributed by atoms with Crippen LogP contribution in [0, 0.1) is 0 Å². The highest BCUT2D eigenvalue weighted by molar-refractivity contribution is 7.47. The number of carbonyl (C=O) groups is 4. The number of nitrogens with one attached hydrogen (secondary N) is 2. The van der Waals surface area contributed by atoms with E-state index in [1.165, 1.54) is 141 Å². The average Bonchev–Trinajstić information content (AvgIpc) is 1.57. The van der Waals surface area contributed by atoms with Crippen LogP contribution < -0.4 is 10.6 Å². The summed E-state index contributed by atoms with van der Waals surface area (Å²) in [6, 6.07) is 0. The van der Waals surface area contributed by atoms with Crippen molar-refractivity contribution in [3.63, 3.8) is 0 Å². The van der Waals surface area contributed by atoms with Gasteiger partial charge in [0.15, 0.2) is 6.10 Å². The van der Waals surface area contributed by atoms with Crippen LogP contribution in [0.4, 0.5) is 4.79 Å². The Kier molecular flexibility index (Phi) is 74.4. The van der Waals surface area contributed by atoms with E-state index in [-0.39, 0.29) is 58.1 Å². The third kappa shape index (κ3) is 80.9. The van der Waals surface area contributed by atoms with E-state index >= 15 is 0 Å². The number of hydrogen-bond donors (Lipinski definition) is 3. The van der Waals surface area contributed by atoms with E-state index < -0.39 is 44.2 Å². The lowest BCUT2D eigenvalue weighted by Crippen LogP contribution is -2.34. The minimum absolute atomic E-state index is 0.0609. The zero-order chi connectivity index (χ0) is 72.2. The highest BCUT2D eigenvalue weighted by Gasteiger charge is 2.26. The molecule has 0 radical (unpaired) electrons. The molecule has 2 atom stereocenters. The molecule has 26 heteroatoms. The molecule has 0 aromatic rings. The van der Waals surface area contributed by atoms with E-state index in [4.69, 9.17) is 80.1 Å². The van der Waals surface area contributed by atoms with E-state index in [0.717, 1.165) is 38.5 Å². The summed E-state index contributed by atoms with van der Waals surface area (Å²) in [5.41, 5.74) is -0.529. The highest BCUT2D eigenvalue weighted by Crippen LogP contribution is 2.43. The number of phosphoric acid groups is 1. The quantitative estimate of drug-likeness (QED) is 0.0221. The molecule has 0 saturated heterocycles. The lowest BCUT2D eigenvalue weighted by molar-refractivity contribution is -0.161. The van der Waals surface area contributed by atoms with Crippen molar-refractivity contribution in [3.05, 3.63) is 0 Å². The van der Waals surface area contributed by atoms with Crippen LogP contribution in [0.3, 0.4) is 0 Å². The molecule has 0 heterocycles. The number of unbranched alkanes of at least 4 members (excludes halogenated alkanes) is 28. The Morgan fingerprint density at radius 2 is 0.616 bits per heavy atom. The average molecular weight is 1450 g/mol. The number of esters is 2. The molecule has 25 nitrogen and oxygen atoms in total. The summed E-state index contributed by atoms with van der Waals surface area (Å²) in [6.07, 6.45) is 35.4. The van der Waals surface area contributed by atoms with Crippen molar-refractivity contribution in [3.8, 4) is 0 Å². The molecular weight excluding hydrogens is 1300 g/mol. The van der Waals surface area contributed by atoms with Gasteiger partial charge >= 0.3 is 25.9 Å². The van der Waals surface area contributed by atoms with Gasteiger partial charge in [0.05, 0.1) is 172 Å². The van der Waals surface area contributed by atoms with E-state index in [2.05, 4.69) is 24.5 Å². The number of carbonyl (C=O) groups excluding carboxylic acids is 4. The van der Waals surface area contributed by atoms with Gasteiger partial charge in [0, 0.05) is 32.4 Å². The molecule has 0 saturated carbocycles. The molecule has 0 spiro atoms. The zero-order valence-corrected chi connectivity index (χ0v) is 63.7. The molecule has 0 fully saturated rings. The first kappa shape index (κ1) is 96.3. The number of amides is 2. The lowest BCUT2D eigenvalue weighted by atomic mass is 10.0. The van der Waals surface area contributed by atoms with E-state index in [0.29, 0.717) is 165 Å². The Hall–Kier alpha value is -2.69. The van der Waals surface area contributed by atoms with Gasteiger partial charge in [-0.3, -0.25) is 23.4 Å². The van der Waals surface area contributed by atoms with Gasteiger partial charge in [-0.05, 0) is 33.6 Å². The molecule has 0 bridgehead atoms. The molecule has 0 aliphatic heterocycles. The monoisotopic (exact) mass is 1450 g/mol. The first-order valence-electron chi connectivity index (χ1n) is 38.4. The Bertz CT molecular complexity index is 1790. The third-order valence-electron chi connectivity index (χ3n) is 15.3. The first-order valence-corrected chi connectivity index (χ1v) is 39.9. The number of hydrogen-bond acceptors (Lipinski definition) is 22. The van der Waals surface area contributed by atoms with Crippen LogP contribution in [0.5, 0.6) is 0 Å². The van der Waals surface area contributed by atoms with Gasteiger partial charge in [0.25, 0.3) is 0 Å². The molecule has 0 aromatic carbocycles. The topological polar surface area (TPSA) is 287 Å². The molecule has 2 unspecified atom stereocenters. The second-order valence-electron chi connectivity index (χ2n) is 25.7. The maximum Gasteiger partial charge on any atom is 0.472 e. The van der Waals surface area contributed by atoms with Crippen LogP contribution in [0.1, 0.15) is 247 Å². The van der Waals surface area contributed by atoms with Crippen LogP contribution >= 0.6 is 7.82 Å². The fraction of sp³-hybridized carbons (Fsp3) is 0.945. The fourth-order valence-electron chi connectivity index (χ4n) is 9.78. The van der Waals surface area contributed by atoms with Gasteiger partial charge in [0.1, 0.15) is 12.2 Å². The fourth-order valence-corrected chi connectivity index (χ4v) is 10.5. The number of phosphoric ester groups is 1. The van der Waals surface area contributed by atoms with Crippen LogP contribution in [0.15, 0.2) is 0 Å². The third-order valence-corrected chi connectivity index (χ3v) is 16.3. The molecular formula is C73H143N2O23P. The molecule has 588 valence electrons. The SMILES string of the molecule is CCCCCCCCCCCCCCCCCC(=O)OCC(COP(=O)(O)OCCNC(=O)CCOCCOCCOCCOCCOCCOCCOCCOCCOCCOCCOCCOCCNC(=O)OC(C)(C)C)OC(=O)CCCCCCCCCCCCCCCCC. The minimum atomic E-state index is -4.63. The number of ether oxygens (including phenoxy) is 15. The van der Waals surface area contributed by atoms with Crippen molar-refractivity contribution in [2.24, 2.45) is 0 Å². The largest absolute Gasteiger partial charge is 0.472 e. The summed E-state index contributed by atoms with van der Waals surface area (Å²) in [5, 5.41) is 5.25. The second kappa shape index (κ2) is 76.4. The van der Waals surface area contributed by atoms with Gasteiger partial charge in [-0.15, -0.1) is 0 Å². The van der Waals surface area contributed by atoms with Gasteiger partial charge in [-0.1, -0.05) is 194 Å². The molecule has 99 heavy (non-hydrogen) atoms. The predicted octanol–water partition coefficient (Wildman–Crippen LogP) is 13.3. The van der Waals surface area contributed by atoms with Crippen LogP contribution in [0.25, 0.3) is 0 Å². The lowest BCUT2D eigenvalue weighted by Gasteiger charge is -2.20. The smallest absolute Gasteiger partial charge is 0.462 e. The Balaban J connectivity index is 3.97. The van der Waals surface area contributed by atoms with E-state index in [1.54, 1.807) is 0 Å². The minimum Gasteiger partial charge on any atom is -0.462 e. The standard InChI is InChI=1S/C73H143N2O23P/c1-6-8-10-12-14-16-18-20-22-24-26-28-30-32-34-36-70(77)94-66-68(97-71(78)37-35-33-31-29-27-25-23-21-19-17-15-13-11-9-7-2)67-96-99(80,81)95-43-40-74-69(76)38-41-82-44-46-84-48-50-86-52-54-88-56-58-90-60-62-92-64-65-93-63-61-91-59-57-89-55-53-87-51-49-85-47-45-83-42-39-75-72(79)98-73(3,4)5/h68H,6-67H2,1-5H3,(H,74,76)(H,75,79)(H,80,81). The number of alkyl carbamates (subject to hydrolysis) is 1. The van der Waals surface area contributed by atoms with Crippen molar-refractivity contribution >= 4 is 31.8 Å². The molecule has 2 amide bonds. The highest BCUT2D eigenvalue weighted by atomic mass is 31.2. The van der Waals surface area contributed by atoms with Crippen molar-refractivity contribution < 1.29 is 109 Å². The maximum absolute atomic E-state index is 12.9. The predicted molar refractivity (Wildman–Crippen MR) is 383 cm³/mol. The van der Waals surface area contributed by atoms with Crippen molar-refractivity contribution in [2.45, 2.75) is 258 Å². The van der Waals surface area contributed by atoms with Gasteiger partial charge in [0.2, 0.25) is 5.91 Å². The first-order chi connectivity index (χ1) is 48.3. The molecule has 0 aliphatic carbocycles. The molecule has 0 rings (SSSR count). The Morgan fingerprint density at radius 3 is 0.939 bits per heavy atom. The molecule has 0 aromatic heterocycles. The van der Waals surface area contributed by atoms with Crippen molar-refractivity contribution in [2.75, 3.05) is 191 Å². The zero-order valence-electron chi connectivity index (χ0n) is 62.8. The number of rotatable bonds is 81. The van der Waals surface area contributed by atoms with Gasteiger partial charge in [-0.2, -0.15) is 0 Å². The summed E-state index contributed by atoms with van der Waals surface area (Å²) >= 11 is 0. The Morgan fingerprint density at radius 1 is 0.333 bits per heavy atom. The van der Waals surface area contributed by atoms with Gasteiger partial charge < -0.3 is 86.6 Å². The molecule has 0 aliphatic rings. The summed E-state index contributed by atoms with van der Waals surface area (Å²) in [7, 11) is -4.63. The second-order valence-corrected chi connectivity index (χ2v) is 27.1. The van der Waals surface area contributed by atoms with Crippen molar-refractivity contribution in [1.82, 2.24) is 10.6 Å². The van der Waals surface area contributed by atoms with E-state index in [9.17, 15) is 28.6 Å². The summed E-state index contributed by atoms with van der Waals surface area (Å²) in [6.45, 7) is 19.0. The maximum atomic E-state index is 12.9. The molecule has 3 N–H and O–H groups in total.